The maximum Gasteiger partial charge on any atom is 0.264 e. The van der Waals surface area contributed by atoms with Gasteiger partial charge in [0.15, 0.2) is 0 Å². The number of amides is 4. The number of nitrogens with one attached hydrogen (secondary N) is 1. The molecule has 2 aromatic rings. The van der Waals surface area contributed by atoms with Crippen LogP contribution in [0, 0.1) is 11.3 Å². The molecule has 220 valence electrons. The van der Waals surface area contributed by atoms with Crippen LogP contribution in [0.25, 0.3) is 0 Å². The van der Waals surface area contributed by atoms with Gasteiger partial charge in [-0.1, -0.05) is 17.7 Å². The molecular formula is C31H35ClN6O4. The van der Waals surface area contributed by atoms with E-state index in [9.17, 15) is 19.2 Å². The Hall–Kier alpha value is -3.50. The fraction of sp³-hybridized carbons (Fsp3) is 0.516. The number of piperazine rings is 1. The topological polar surface area (TPSA) is 106 Å². The van der Waals surface area contributed by atoms with Crippen LogP contribution in [0.1, 0.15) is 60.6 Å². The Labute approximate surface area is 251 Å². The van der Waals surface area contributed by atoms with Crippen molar-refractivity contribution in [1.82, 2.24) is 20.1 Å². The molecular weight excluding hydrogens is 556 g/mol. The summed E-state index contributed by atoms with van der Waals surface area (Å²) in [4.78, 5) is 63.3. The van der Waals surface area contributed by atoms with Gasteiger partial charge in [0.25, 0.3) is 11.8 Å². The Balaban J connectivity index is 0.928. The largest absolute Gasteiger partial charge is 0.370 e. The number of aromatic nitrogens is 1. The van der Waals surface area contributed by atoms with E-state index in [-0.39, 0.29) is 24.2 Å². The van der Waals surface area contributed by atoms with Gasteiger partial charge in [-0.25, -0.2) is 4.98 Å². The van der Waals surface area contributed by atoms with Gasteiger partial charge in [0.05, 0.1) is 23.2 Å². The zero-order valence-corrected chi connectivity index (χ0v) is 24.2. The standard InChI is InChI=1S/C31H35ClN6O4/c32-21-4-6-25(33-16-21)36-14-12-35(13-15-36)17-20-8-10-31(11-9-20)18-37(19-31)23-3-1-2-22-27(23)30(42)38(29(22)41)24-5-7-26(39)34-28(24)40/h1-4,6,16,20,24H,5,7-15,17-19H2,(H,34,39,40)/i4D. The lowest BCUT2D eigenvalue weighted by atomic mass is 9.65. The number of halogens is 1. The van der Waals surface area contributed by atoms with E-state index >= 15 is 0 Å². The first-order valence-corrected chi connectivity index (χ1v) is 15.3. The lowest BCUT2D eigenvalue weighted by Crippen LogP contribution is -2.58. The number of rotatable bonds is 5. The van der Waals surface area contributed by atoms with Gasteiger partial charge in [0.2, 0.25) is 11.8 Å². The van der Waals surface area contributed by atoms with Gasteiger partial charge in [0.1, 0.15) is 11.9 Å². The summed E-state index contributed by atoms with van der Waals surface area (Å²) in [5, 5.41) is 2.64. The molecule has 7 rings (SSSR count). The van der Waals surface area contributed by atoms with Crippen molar-refractivity contribution in [3.63, 3.8) is 0 Å². The normalized spacial score (nSPS) is 25.0. The number of nitrogens with zero attached hydrogens (tertiary/aromatic N) is 5. The van der Waals surface area contributed by atoms with Gasteiger partial charge in [-0.2, -0.15) is 0 Å². The van der Waals surface area contributed by atoms with E-state index in [1.807, 2.05) is 12.1 Å². The first-order valence-electron chi connectivity index (χ1n) is 15.4. The van der Waals surface area contributed by atoms with Crippen LogP contribution >= 0.6 is 11.6 Å². The zero-order valence-electron chi connectivity index (χ0n) is 24.5. The van der Waals surface area contributed by atoms with Gasteiger partial charge >= 0.3 is 0 Å². The number of hydrogen-bond acceptors (Lipinski definition) is 8. The van der Waals surface area contributed by atoms with E-state index < -0.39 is 23.8 Å². The molecule has 1 unspecified atom stereocenters. The van der Waals surface area contributed by atoms with Crippen LogP contribution < -0.4 is 15.1 Å². The molecule has 4 amide bonds. The maximum absolute atomic E-state index is 13.5. The second-order valence-corrected chi connectivity index (χ2v) is 12.9. The Kier molecular flexibility index (Phi) is 6.63. The molecule has 4 fully saturated rings. The zero-order chi connectivity index (χ0) is 29.9. The molecule has 0 radical (unpaired) electrons. The lowest BCUT2D eigenvalue weighted by Gasteiger charge is -2.55. The molecule has 0 bridgehead atoms. The first-order chi connectivity index (χ1) is 20.7. The number of benzene rings is 1. The first kappa shape index (κ1) is 26.2. The van der Waals surface area contributed by atoms with Crippen LogP contribution in [0.15, 0.2) is 36.5 Å². The predicted molar refractivity (Wildman–Crippen MR) is 158 cm³/mol. The number of imide groups is 2. The Morgan fingerprint density at radius 1 is 0.976 bits per heavy atom. The molecule has 1 aliphatic carbocycles. The molecule has 1 N–H and O–H groups in total. The molecule has 1 atom stereocenters. The summed E-state index contributed by atoms with van der Waals surface area (Å²) in [5.41, 5.74) is 1.72. The van der Waals surface area contributed by atoms with Crippen molar-refractivity contribution in [3.8, 4) is 0 Å². The van der Waals surface area contributed by atoms with Crippen LogP contribution in [0.2, 0.25) is 5.02 Å². The highest BCUT2D eigenvalue weighted by Crippen LogP contribution is 2.48. The quantitative estimate of drug-likeness (QED) is 0.529. The molecule has 5 heterocycles. The highest BCUT2D eigenvalue weighted by molar-refractivity contribution is 6.30. The van der Waals surface area contributed by atoms with Crippen molar-refractivity contribution in [2.75, 3.05) is 55.6 Å². The number of anilines is 2. The third-order valence-corrected chi connectivity index (χ3v) is 10.1. The minimum absolute atomic E-state index is 0.108. The van der Waals surface area contributed by atoms with Crippen molar-refractivity contribution in [3.05, 3.63) is 52.7 Å². The van der Waals surface area contributed by atoms with Crippen molar-refractivity contribution in [2.24, 2.45) is 11.3 Å². The third-order valence-electron chi connectivity index (χ3n) is 9.87. The monoisotopic (exact) mass is 591 g/mol. The predicted octanol–water partition coefficient (Wildman–Crippen LogP) is 2.96. The highest BCUT2D eigenvalue weighted by Gasteiger charge is 2.50. The summed E-state index contributed by atoms with van der Waals surface area (Å²) in [6, 6.07) is 6.47. The minimum atomic E-state index is -0.955. The van der Waals surface area contributed by atoms with Crippen molar-refractivity contribution >= 4 is 46.7 Å². The number of hydrogen-bond donors (Lipinski definition) is 1. The van der Waals surface area contributed by atoms with Gasteiger partial charge in [-0.15, -0.1) is 0 Å². The van der Waals surface area contributed by atoms with Gasteiger partial charge in [-0.05, 0) is 62.3 Å². The van der Waals surface area contributed by atoms with Crippen LogP contribution in [-0.2, 0) is 9.59 Å². The SMILES string of the molecule is [2H]c1cc(N2CCN(CC3CCC4(CC3)CN(c3cccc5c3C(=O)N(C3CCC(=O)NC3=O)C5=O)C4)CC2)ncc1Cl. The molecule has 3 saturated heterocycles. The molecule has 4 aliphatic heterocycles. The second-order valence-electron chi connectivity index (χ2n) is 12.5. The van der Waals surface area contributed by atoms with E-state index in [1.165, 1.54) is 12.8 Å². The van der Waals surface area contributed by atoms with Crippen LogP contribution in [-0.4, -0.2) is 90.3 Å². The fourth-order valence-electron chi connectivity index (χ4n) is 7.51. The van der Waals surface area contributed by atoms with Crippen molar-refractivity contribution in [1.29, 1.82) is 0 Å². The Bertz CT molecular complexity index is 1500. The number of carbonyl (C=O) groups excluding carboxylic acids is 4. The van der Waals surface area contributed by atoms with E-state index in [0.717, 1.165) is 75.1 Å². The third kappa shape index (κ3) is 4.84. The summed E-state index contributed by atoms with van der Waals surface area (Å²) >= 11 is 5.97. The average molecular weight is 592 g/mol. The number of piperidine rings is 1. The molecule has 1 aromatic heterocycles. The molecule has 1 saturated carbocycles. The maximum atomic E-state index is 13.5. The lowest BCUT2D eigenvalue weighted by molar-refractivity contribution is -0.136. The molecule has 10 nitrogen and oxygen atoms in total. The second kappa shape index (κ2) is 10.6. The fourth-order valence-corrected chi connectivity index (χ4v) is 7.61. The average Bonchev–Trinajstić information content (AvgIpc) is 3.24. The van der Waals surface area contributed by atoms with E-state index in [0.29, 0.717) is 28.1 Å². The number of fused-ring (bicyclic) bond motifs is 1. The van der Waals surface area contributed by atoms with Crippen LogP contribution in [0.4, 0.5) is 11.5 Å². The van der Waals surface area contributed by atoms with Crippen molar-refractivity contribution in [2.45, 2.75) is 44.6 Å². The van der Waals surface area contributed by atoms with E-state index in [1.54, 1.807) is 18.3 Å². The molecule has 5 aliphatic rings. The Morgan fingerprint density at radius 3 is 2.45 bits per heavy atom. The van der Waals surface area contributed by atoms with E-state index in [2.05, 4.69) is 25.0 Å². The Morgan fingerprint density at radius 2 is 1.74 bits per heavy atom. The van der Waals surface area contributed by atoms with E-state index in [4.69, 9.17) is 13.0 Å². The molecule has 42 heavy (non-hydrogen) atoms. The van der Waals surface area contributed by atoms with Crippen molar-refractivity contribution < 1.29 is 20.5 Å². The number of pyridine rings is 1. The summed E-state index contributed by atoms with van der Waals surface area (Å²) in [7, 11) is 0. The smallest absolute Gasteiger partial charge is 0.264 e. The van der Waals surface area contributed by atoms with Gasteiger partial charge in [-0.3, -0.25) is 34.3 Å². The number of carbonyl (C=O) groups is 4. The molecule has 11 heteroatoms. The summed E-state index contributed by atoms with van der Waals surface area (Å²) < 4.78 is 7.95. The van der Waals surface area contributed by atoms with Gasteiger partial charge < -0.3 is 9.80 Å². The molecule has 1 aromatic carbocycles. The summed E-state index contributed by atoms with van der Waals surface area (Å²) in [5.74, 6) is -0.378. The van der Waals surface area contributed by atoms with Crippen LogP contribution in [0.3, 0.4) is 0 Å². The summed E-state index contributed by atoms with van der Waals surface area (Å²) in [6.45, 7) is 6.57. The summed E-state index contributed by atoms with van der Waals surface area (Å²) in [6.07, 6.45) is 6.49. The molecule has 1 spiro atoms. The highest BCUT2D eigenvalue weighted by atomic mass is 35.5. The minimum Gasteiger partial charge on any atom is -0.370 e. The van der Waals surface area contributed by atoms with Crippen LogP contribution in [0.5, 0.6) is 0 Å². The van der Waals surface area contributed by atoms with Gasteiger partial charge in [0, 0.05) is 63.8 Å².